The standard InChI is InChI=1S/C20H24N4O2S/c1-13(2)17(19(25)21-12-15-8-6-5-7-9-15)27-20-23-22-18(24(20)4)16-10-11-26-14(16)3/h5-11,13,17H,12H2,1-4H3,(H,21,25). The number of nitrogens with zero attached hydrogens (tertiary/aromatic N) is 3. The van der Waals surface area contributed by atoms with Crippen molar-refractivity contribution in [2.45, 2.75) is 37.7 Å². The van der Waals surface area contributed by atoms with E-state index in [-0.39, 0.29) is 17.1 Å². The van der Waals surface area contributed by atoms with E-state index in [2.05, 4.69) is 15.5 Å². The molecule has 1 N–H and O–H groups in total. The monoisotopic (exact) mass is 384 g/mol. The fourth-order valence-corrected chi connectivity index (χ4v) is 3.78. The summed E-state index contributed by atoms with van der Waals surface area (Å²) in [4.78, 5) is 12.8. The molecule has 1 unspecified atom stereocenters. The number of furan rings is 1. The van der Waals surface area contributed by atoms with Crippen molar-refractivity contribution < 1.29 is 9.21 Å². The Balaban J connectivity index is 1.72. The largest absolute Gasteiger partial charge is 0.469 e. The number of benzene rings is 1. The summed E-state index contributed by atoms with van der Waals surface area (Å²) in [7, 11) is 1.91. The van der Waals surface area contributed by atoms with Crippen LogP contribution >= 0.6 is 11.8 Å². The number of hydrogen-bond donors (Lipinski definition) is 1. The molecule has 0 aliphatic carbocycles. The molecular formula is C20H24N4O2S. The molecule has 6 nitrogen and oxygen atoms in total. The van der Waals surface area contributed by atoms with Gasteiger partial charge in [-0.2, -0.15) is 0 Å². The highest BCUT2D eigenvalue weighted by Crippen LogP contribution is 2.30. The zero-order valence-corrected chi connectivity index (χ0v) is 16.8. The lowest BCUT2D eigenvalue weighted by Crippen LogP contribution is -2.35. The molecule has 0 saturated heterocycles. The molecule has 142 valence electrons. The molecule has 1 amide bonds. The predicted octanol–water partition coefficient (Wildman–Crippen LogP) is 3.82. The third-order valence-corrected chi connectivity index (χ3v) is 5.92. The Morgan fingerprint density at radius 1 is 1.22 bits per heavy atom. The van der Waals surface area contributed by atoms with Crippen LogP contribution in [0.15, 0.2) is 52.2 Å². The summed E-state index contributed by atoms with van der Waals surface area (Å²) >= 11 is 1.44. The highest BCUT2D eigenvalue weighted by Gasteiger charge is 2.26. The second-order valence-electron chi connectivity index (χ2n) is 6.74. The van der Waals surface area contributed by atoms with E-state index in [4.69, 9.17) is 4.42 Å². The number of nitrogens with one attached hydrogen (secondary N) is 1. The second-order valence-corrected chi connectivity index (χ2v) is 7.85. The first-order chi connectivity index (χ1) is 13.0. The van der Waals surface area contributed by atoms with Crippen molar-refractivity contribution in [2.75, 3.05) is 0 Å². The van der Waals surface area contributed by atoms with Crippen LogP contribution in [0.25, 0.3) is 11.4 Å². The van der Waals surface area contributed by atoms with E-state index in [1.54, 1.807) is 6.26 Å². The van der Waals surface area contributed by atoms with Crippen molar-refractivity contribution >= 4 is 17.7 Å². The summed E-state index contributed by atoms with van der Waals surface area (Å²) in [6.07, 6.45) is 1.64. The third-order valence-electron chi connectivity index (χ3n) is 4.34. The Morgan fingerprint density at radius 2 is 1.96 bits per heavy atom. The minimum atomic E-state index is -0.255. The smallest absolute Gasteiger partial charge is 0.234 e. The number of aryl methyl sites for hydroxylation is 1. The van der Waals surface area contributed by atoms with Gasteiger partial charge in [0.1, 0.15) is 5.76 Å². The number of rotatable bonds is 7. The molecule has 0 radical (unpaired) electrons. The molecule has 1 aromatic carbocycles. The Bertz CT molecular complexity index is 902. The van der Waals surface area contributed by atoms with Crippen molar-refractivity contribution in [3.8, 4) is 11.4 Å². The molecule has 2 aromatic heterocycles. The van der Waals surface area contributed by atoms with Crippen molar-refractivity contribution in [2.24, 2.45) is 13.0 Å². The minimum absolute atomic E-state index is 0.00268. The minimum Gasteiger partial charge on any atom is -0.469 e. The normalized spacial score (nSPS) is 12.3. The summed E-state index contributed by atoms with van der Waals surface area (Å²) in [5, 5.41) is 12.1. The number of carbonyl (C=O) groups is 1. The molecule has 2 heterocycles. The highest BCUT2D eigenvalue weighted by atomic mass is 32.2. The van der Waals surface area contributed by atoms with Gasteiger partial charge in [0.25, 0.3) is 0 Å². The van der Waals surface area contributed by atoms with Crippen molar-refractivity contribution in [1.82, 2.24) is 20.1 Å². The number of carbonyl (C=O) groups excluding carboxylic acids is 1. The topological polar surface area (TPSA) is 72.9 Å². The van der Waals surface area contributed by atoms with Gasteiger partial charge in [-0.05, 0) is 24.5 Å². The Hall–Kier alpha value is -2.54. The highest BCUT2D eigenvalue weighted by molar-refractivity contribution is 8.00. The van der Waals surface area contributed by atoms with Gasteiger partial charge in [-0.15, -0.1) is 10.2 Å². The van der Waals surface area contributed by atoms with Crippen molar-refractivity contribution in [1.29, 1.82) is 0 Å². The molecule has 0 spiro atoms. The predicted molar refractivity (Wildman–Crippen MR) is 106 cm³/mol. The maximum absolute atomic E-state index is 12.8. The molecule has 0 aliphatic heterocycles. The third kappa shape index (κ3) is 4.42. The number of hydrogen-bond acceptors (Lipinski definition) is 5. The number of thioether (sulfide) groups is 1. The number of aromatic nitrogens is 3. The van der Waals surface area contributed by atoms with Gasteiger partial charge in [-0.3, -0.25) is 4.79 Å². The van der Waals surface area contributed by atoms with Gasteiger partial charge in [-0.25, -0.2) is 0 Å². The maximum Gasteiger partial charge on any atom is 0.234 e. The average molecular weight is 385 g/mol. The molecule has 7 heteroatoms. The van der Waals surface area contributed by atoms with Crippen LogP contribution < -0.4 is 5.32 Å². The molecule has 27 heavy (non-hydrogen) atoms. The van der Waals surface area contributed by atoms with Crippen molar-refractivity contribution in [3.05, 3.63) is 54.0 Å². The lowest BCUT2D eigenvalue weighted by molar-refractivity contribution is -0.121. The van der Waals surface area contributed by atoms with Crippen LogP contribution in [0, 0.1) is 12.8 Å². The van der Waals surface area contributed by atoms with Crippen LogP contribution in [0.2, 0.25) is 0 Å². The summed E-state index contributed by atoms with van der Waals surface area (Å²) in [5.41, 5.74) is 1.99. The van der Waals surface area contributed by atoms with E-state index in [1.165, 1.54) is 11.8 Å². The lowest BCUT2D eigenvalue weighted by atomic mass is 10.1. The van der Waals surface area contributed by atoms with Crippen LogP contribution in [0.4, 0.5) is 0 Å². The Kier molecular flexibility index (Phi) is 6.01. The summed E-state index contributed by atoms with van der Waals surface area (Å²) in [6, 6.07) is 11.8. The zero-order valence-electron chi connectivity index (χ0n) is 16.0. The molecule has 0 bridgehead atoms. The first-order valence-electron chi connectivity index (χ1n) is 8.89. The van der Waals surface area contributed by atoms with Crippen LogP contribution in [-0.2, 0) is 18.4 Å². The Morgan fingerprint density at radius 3 is 2.59 bits per heavy atom. The molecular weight excluding hydrogens is 360 g/mol. The van der Waals surface area contributed by atoms with Gasteiger partial charge >= 0.3 is 0 Å². The number of amides is 1. The van der Waals surface area contributed by atoms with Gasteiger partial charge in [-0.1, -0.05) is 55.9 Å². The van der Waals surface area contributed by atoms with Gasteiger partial charge in [0.15, 0.2) is 11.0 Å². The molecule has 3 rings (SSSR count). The van der Waals surface area contributed by atoms with Crippen LogP contribution in [0.5, 0.6) is 0 Å². The SMILES string of the molecule is Cc1occc1-c1nnc(SC(C(=O)NCc2ccccc2)C(C)C)n1C. The quantitative estimate of drug-likeness (QED) is 0.627. The first-order valence-corrected chi connectivity index (χ1v) is 9.77. The van der Waals surface area contributed by atoms with Crippen LogP contribution in [-0.4, -0.2) is 25.9 Å². The van der Waals surface area contributed by atoms with Gasteiger partial charge < -0.3 is 14.3 Å². The molecule has 1 atom stereocenters. The van der Waals surface area contributed by atoms with Crippen molar-refractivity contribution in [3.63, 3.8) is 0 Å². The fourth-order valence-electron chi connectivity index (χ4n) is 2.76. The van der Waals surface area contributed by atoms with Gasteiger partial charge in [0.05, 0.1) is 17.1 Å². The molecule has 0 saturated carbocycles. The van der Waals surface area contributed by atoms with E-state index < -0.39 is 0 Å². The molecule has 0 fully saturated rings. The summed E-state index contributed by atoms with van der Waals surface area (Å²) < 4.78 is 7.27. The fraction of sp³-hybridized carbons (Fsp3) is 0.350. The maximum atomic E-state index is 12.8. The van der Waals surface area contributed by atoms with E-state index in [9.17, 15) is 4.79 Å². The van der Waals surface area contributed by atoms with E-state index in [1.807, 2.05) is 68.8 Å². The van der Waals surface area contributed by atoms with Gasteiger partial charge in [0, 0.05) is 13.6 Å². The van der Waals surface area contributed by atoms with Crippen LogP contribution in [0.3, 0.4) is 0 Å². The summed E-state index contributed by atoms with van der Waals surface area (Å²) in [6.45, 7) is 6.49. The second kappa shape index (κ2) is 8.43. The van der Waals surface area contributed by atoms with Crippen LogP contribution in [0.1, 0.15) is 25.2 Å². The van der Waals surface area contributed by atoms with E-state index in [0.29, 0.717) is 11.7 Å². The van der Waals surface area contributed by atoms with Gasteiger partial charge in [0.2, 0.25) is 5.91 Å². The Labute approximate surface area is 163 Å². The van der Waals surface area contributed by atoms with E-state index in [0.717, 1.165) is 22.7 Å². The van der Waals surface area contributed by atoms with E-state index >= 15 is 0 Å². The zero-order chi connectivity index (χ0) is 19.4. The first kappa shape index (κ1) is 19.2. The molecule has 0 aliphatic rings. The summed E-state index contributed by atoms with van der Waals surface area (Å²) in [5.74, 6) is 1.68. The molecule has 3 aromatic rings. The lowest BCUT2D eigenvalue weighted by Gasteiger charge is -2.19. The average Bonchev–Trinajstić information content (AvgIpc) is 3.23.